The summed E-state index contributed by atoms with van der Waals surface area (Å²) < 4.78 is 26.7. The van der Waals surface area contributed by atoms with Gasteiger partial charge in [0.2, 0.25) is 5.13 Å². The number of rotatable bonds is 6. The summed E-state index contributed by atoms with van der Waals surface area (Å²) in [5.74, 6) is -0.484. The highest BCUT2D eigenvalue weighted by Crippen LogP contribution is 2.37. The van der Waals surface area contributed by atoms with Gasteiger partial charge in [0.15, 0.2) is 4.34 Å². The molecule has 1 heterocycles. The zero-order chi connectivity index (χ0) is 16.9. The molecule has 3 aromatic rings. The Labute approximate surface area is 147 Å². The lowest BCUT2D eigenvalue weighted by Gasteiger charge is -2.08. The van der Waals surface area contributed by atoms with Gasteiger partial charge in [-0.05, 0) is 42.3 Å². The Morgan fingerprint density at radius 1 is 1.00 bits per heavy atom. The van der Waals surface area contributed by atoms with E-state index in [1.54, 1.807) is 36.0 Å². The molecule has 1 aromatic heterocycles. The van der Waals surface area contributed by atoms with E-state index in [-0.39, 0.29) is 16.9 Å². The monoisotopic (exact) mass is 363 g/mol. The average molecular weight is 363 g/mol. The topological polar surface area (TPSA) is 37.8 Å². The molecule has 0 bridgehead atoms. The van der Waals surface area contributed by atoms with Crippen LogP contribution in [0.5, 0.6) is 0 Å². The third-order valence-electron chi connectivity index (χ3n) is 3.38. The van der Waals surface area contributed by atoms with Gasteiger partial charge in [0.05, 0.1) is 0 Å². The van der Waals surface area contributed by atoms with E-state index >= 15 is 0 Å². The van der Waals surface area contributed by atoms with Gasteiger partial charge < -0.3 is 5.32 Å². The second-order valence-electron chi connectivity index (χ2n) is 5.16. The van der Waals surface area contributed by atoms with Crippen LogP contribution >= 0.6 is 23.1 Å². The van der Waals surface area contributed by atoms with E-state index in [2.05, 4.69) is 15.5 Å². The first-order valence-corrected chi connectivity index (χ1v) is 9.04. The standard InChI is InChI=1S/C17H15F2N3S2/c1-11(13-4-8-15(19)9-5-13)23-17-22-21-16(24-17)20-10-12-2-6-14(18)7-3-12/h2-9,11H,10H2,1H3,(H,20,21). The summed E-state index contributed by atoms with van der Waals surface area (Å²) >= 11 is 3.04. The average Bonchev–Trinajstić information content (AvgIpc) is 3.02. The number of hydrogen-bond donors (Lipinski definition) is 1. The Morgan fingerprint density at radius 3 is 2.29 bits per heavy atom. The highest BCUT2D eigenvalue weighted by Gasteiger charge is 2.12. The highest BCUT2D eigenvalue weighted by molar-refractivity contribution is 8.01. The van der Waals surface area contributed by atoms with E-state index in [1.165, 1.54) is 35.6 Å². The summed E-state index contributed by atoms with van der Waals surface area (Å²) in [6, 6.07) is 12.8. The van der Waals surface area contributed by atoms with Gasteiger partial charge >= 0.3 is 0 Å². The van der Waals surface area contributed by atoms with Crippen LogP contribution in [0.2, 0.25) is 0 Å². The van der Waals surface area contributed by atoms with E-state index in [0.717, 1.165) is 15.5 Å². The van der Waals surface area contributed by atoms with E-state index in [9.17, 15) is 8.78 Å². The molecule has 0 radical (unpaired) electrons. The van der Waals surface area contributed by atoms with Crippen molar-refractivity contribution in [3.05, 3.63) is 71.3 Å². The molecule has 124 valence electrons. The summed E-state index contributed by atoms with van der Waals surface area (Å²) in [6.45, 7) is 2.61. The van der Waals surface area contributed by atoms with Gasteiger partial charge in [-0.25, -0.2) is 8.78 Å². The molecular formula is C17H15F2N3S2. The molecule has 1 atom stereocenters. The molecule has 0 aliphatic rings. The fourth-order valence-electron chi connectivity index (χ4n) is 2.06. The lowest BCUT2D eigenvalue weighted by molar-refractivity contribution is 0.626. The molecule has 2 aromatic carbocycles. The highest BCUT2D eigenvalue weighted by atomic mass is 32.2. The summed E-state index contributed by atoms with van der Waals surface area (Å²) in [5.41, 5.74) is 2.01. The zero-order valence-corrected chi connectivity index (χ0v) is 14.5. The molecule has 1 N–H and O–H groups in total. The molecule has 0 aliphatic heterocycles. The van der Waals surface area contributed by atoms with Crippen molar-refractivity contribution in [1.82, 2.24) is 10.2 Å². The number of thioether (sulfide) groups is 1. The van der Waals surface area contributed by atoms with Crippen molar-refractivity contribution >= 4 is 28.2 Å². The van der Waals surface area contributed by atoms with Crippen LogP contribution < -0.4 is 5.32 Å². The second kappa shape index (κ2) is 7.72. The van der Waals surface area contributed by atoms with Crippen LogP contribution in [-0.4, -0.2) is 10.2 Å². The lowest BCUT2D eigenvalue weighted by Crippen LogP contribution is -1.98. The first-order chi connectivity index (χ1) is 11.6. The minimum Gasteiger partial charge on any atom is -0.356 e. The van der Waals surface area contributed by atoms with Gasteiger partial charge in [-0.2, -0.15) is 0 Å². The van der Waals surface area contributed by atoms with Gasteiger partial charge in [0, 0.05) is 11.8 Å². The second-order valence-corrected chi connectivity index (χ2v) is 7.73. The Hall–Kier alpha value is -1.99. The Balaban J connectivity index is 1.56. The van der Waals surface area contributed by atoms with Crippen LogP contribution in [0.3, 0.4) is 0 Å². The van der Waals surface area contributed by atoms with Crippen LogP contribution in [0.15, 0.2) is 52.9 Å². The maximum absolute atomic E-state index is 13.0. The quantitative estimate of drug-likeness (QED) is 0.605. The third-order valence-corrected chi connectivity index (χ3v) is 5.50. The fraction of sp³-hybridized carbons (Fsp3) is 0.176. The number of nitrogens with one attached hydrogen (secondary N) is 1. The molecule has 0 saturated heterocycles. The molecular weight excluding hydrogens is 348 g/mol. The van der Waals surface area contributed by atoms with Crippen molar-refractivity contribution in [3.8, 4) is 0 Å². The molecule has 3 nitrogen and oxygen atoms in total. The molecule has 7 heteroatoms. The maximum Gasteiger partial charge on any atom is 0.206 e. The molecule has 0 aliphatic carbocycles. The van der Waals surface area contributed by atoms with Crippen LogP contribution in [-0.2, 0) is 6.54 Å². The molecule has 0 amide bonds. The van der Waals surface area contributed by atoms with Crippen LogP contribution in [0.25, 0.3) is 0 Å². The Morgan fingerprint density at radius 2 is 1.62 bits per heavy atom. The zero-order valence-electron chi connectivity index (χ0n) is 12.9. The van der Waals surface area contributed by atoms with Crippen LogP contribution in [0.1, 0.15) is 23.3 Å². The number of anilines is 1. The third kappa shape index (κ3) is 4.52. The normalized spacial score (nSPS) is 12.1. The fourth-order valence-corrected chi connectivity index (χ4v) is 4.08. The number of benzene rings is 2. The smallest absolute Gasteiger partial charge is 0.206 e. The van der Waals surface area contributed by atoms with Crippen LogP contribution in [0, 0.1) is 11.6 Å². The largest absolute Gasteiger partial charge is 0.356 e. The minimum absolute atomic E-state index is 0.156. The SMILES string of the molecule is CC(Sc1nnc(NCc2ccc(F)cc2)s1)c1ccc(F)cc1. The van der Waals surface area contributed by atoms with Crippen molar-refractivity contribution in [3.63, 3.8) is 0 Å². The first kappa shape index (κ1) is 16.9. The van der Waals surface area contributed by atoms with Crippen molar-refractivity contribution < 1.29 is 8.78 Å². The van der Waals surface area contributed by atoms with Crippen molar-refractivity contribution in [2.75, 3.05) is 5.32 Å². The molecule has 24 heavy (non-hydrogen) atoms. The van der Waals surface area contributed by atoms with Gasteiger partial charge in [-0.1, -0.05) is 47.4 Å². The minimum atomic E-state index is -0.247. The molecule has 3 rings (SSSR count). The van der Waals surface area contributed by atoms with Crippen molar-refractivity contribution in [1.29, 1.82) is 0 Å². The Kier molecular flexibility index (Phi) is 5.42. The molecule has 0 spiro atoms. The summed E-state index contributed by atoms with van der Waals surface area (Å²) in [5, 5.41) is 12.3. The summed E-state index contributed by atoms with van der Waals surface area (Å²) in [7, 11) is 0. The number of hydrogen-bond acceptors (Lipinski definition) is 5. The predicted molar refractivity (Wildman–Crippen MR) is 94.3 cm³/mol. The molecule has 1 unspecified atom stereocenters. The number of aromatic nitrogens is 2. The number of halogens is 2. The van der Waals surface area contributed by atoms with Gasteiger partial charge in [-0.3, -0.25) is 0 Å². The van der Waals surface area contributed by atoms with E-state index < -0.39 is 0 Å². The van der Waals surface area contributed by atoms with E-state index in [4.69, 9.17) is 0 Å². The number of nitrogens with zero attached hydrogens (tertiary/aromatic N) is 2. The Bertz CT molecular complexity index is 788. The summed E-state index contributed by atoms with van der Waals surface area (Å²) in [4.78, 5) is 0. The summed E-state index contributed by atoms with van der Waals surface area (Å²) in [6.07, 6.45) is 0. The van der Waals surface area contributed by atoms with E-state index in [0.29, 0.717) is 11.7 Å². The van der Waals surface area contributed by atoms with E-state index in [1.807, 2.05) is 6.92 Å². The van der Waals surface area contributed by atoms with Crippen LogP contribution in [0.4, 0.5) is 13.9 Å². The van der Waals surface area contributed by atoms with Crippen molar-refractivity contribution in [2.45, 2.75) is 23.1 Å². The maximum atomic E-state index is 13.0. The molecule has 0 saturated carbocycles. The predicted octanol–water partition coefficient (Wildman–Crippen LogP) is 5.28. The van der Waals surface area contributed by atoms with Crippen molar-refractivity contribution in [2.24, 2.45) is 0 Å². The van der Waals surface area contributed by atoms with Gasteiger partial charge in [0.1, 0.15) is 11.6 Å². The van der Waals surface area contributed by atoms with Gasteiger partial charge in [-0.15, -0.1) is 10.2 Å². The lowest BCUT2D eigenvalue weighted by atomic mass is 10.2. The first-order valence-electron chi connectivity index (χ1n) is 7.34. The molecule has 0 fully saturated rings. The van der Waals surface area contributed by atoms with Gasteiger partial charge in [0.25, 0.3) is 0 Å².